The Hall–Kier alpha value is -0.490. The third-order valence-electron chi connectivity index (χ3n) is 1.72. The van der Waals surface area contributed by atoms with E-state index < -0.39 is 5.97 Å². The van der Waals surface area contributed by atoms with Crippen molar-refractivity contribution in [3.05, 3.63) is 25.8 Å². The number of nitrogens with two attached hydrogens (primary N) is 1. The molecule has 0 aliphatic carbocycles. The normalized spacial score (nSPS) is 10.1. The molecule has 0 spiro atoms. The minimum absolute atomic E-state index is 0.0556. The number of halogens is 2. The quantitative estimate of drug-likeness (QED) is 0.619. The summed E-state index contributed by atoms with van der Waals surface area (Å²) in [5.41, 5.74) is 6.74. The molecule has 0 aliphatic heterocycles. The number of carboxylic acids is 1. The highest BCUT2D eigenvalue weighted by molar-refractivity contribution is 14.1. The van der Waals surface area contributed by atoms with Gasteiger partial charge in [-0.05, 0) is 41.1 Å². The van der Waals surface area contributed by atoms with Gasteiger partial charge in [0.05, 0.1) is 11.3 Å². The van der Waals surface area contributed by atoms with Gasteiger partial charge in [-0.2, -0.15) is 0 Å². The number of aromatic carboxylic acids is 1. The smallest absolute Gasteiger partial charge is 0.337 e. The van der Waals surface area contributed by atoms with Crippen molar-refractivity contribution in [2.75, 3.05) is 5.73 Å². The molecule has 0 radical (unpaired) electrons. The van der Waals surface area contributed by atoms with E-state index in [1.807, 2.05) is 22.6 Å². The second-order valence-electron chi connectivity index (χ2n) is 2.56. The summed E-state index contributed by atoms with van der Waals surface area (Å²) >= 11 is 7.79. The Labute approximate surface area is 94.0 Å². The van der Waals surface area contributed by atoms with Crippen LogP contribution >= 0.6 is 34.2 Å². The third kappa shape index (κ3) is 1.88. The van der Waals surface area contributed by atoms with Crippen LogP contribution in [0.15, 0.2) is 6.07 Å². The lowest BCUT2D eigenvalue weighted by Crippen LogP contribution is -2.05. The number of benzene rings is 1. The van der Waals surface area contributed by atoms with E-state index in [1.54, 1.807) is 6.92 Å². The molecule has 0 unspecified atom stereocenters. The Bertz CT molecular complexity index is 379. The summed E-state index contributed by atoms with van der Waals surface area (Å²) in [5.74, 6) is -1.06. The number of hydrogen-bond donors (Lipinski definition) is 2. The second kappa shape index (κ2) is 3.71. The van der Waals surface area contributed by atoms with E-state index in [1.165, 1.54) is 6.07 Å². The zero-order valence-electron chi connectivity index (χ0n) is 6.77. The van der Waals surface area contributed by atoms with E-state index in [9.17, 15) is 4.79 Å². The van der Waals surface area contributed by atoms with Gasteiger partial charge in [0, 0.05) is 8.59 Å². The van der Waals surface area contributed by atoms with E-state index in [4.69, 9.17) is 22.4 Å². The highest BCUT2D eigenvalue weighted by atomic mass is 127. The average molecular weight is 312 g/mol. The average Bonchev–Trinajstić information content (AvgIpc) is 2.07. The lowest BCUT2D eigenvalue weighted by atomic mass is 10.1. The van der Waals surface area contributed by atoms with Crippen molar-refractivity contribution in [3.8, 4) is 0 Å². The van der Waals surface area contributed by atoms with Crippen LogP contribution in [0.1, 0.15) is 15.9 Å². The van der Waals surface area contributed by atoms with Crippen molar-refractivity contribution in [3.63, 3.8) is 0 Å². The summed E-state index contributed by atoms with van der Waals surface area (Å²) in [6, 6.07) is 1.37. The summed E-state index contributed by atoms with van der Waals surface area (Å²) in [7, 11) is 0. The molecule has 3 nitrogen and oxygen atoms in total. The molecule has 0 bridgehead atoms. The maximum atomic E-state index is 10.7. The maximum Gasteiger partial charge on any atom is 0.337 e. The van der Waals surface area contributed by atoms with E-state index in [0.717, 1.165) is 5.56 Å². The Morgan fingerprint density at radius 1 is 1.69 bits per heavy atom. The summed E-state index contributed by atoms with van der Waals surface area (Å²) < 4.78 is 0.697. The van der Waals surface area contributed by atoms with Crippen molar-refractivity contribution in [2.24, 2.45) is 0 Å². The Balaban J connectivity index is 3.50. The van der Waals surface area contributed by atoms with Crippen molar-refractivity contribution in [2.45, 2.75) is 6.92 Å². The highest BCUT2D eigenvalue weighted by Gasteiger charge is 2.14. The number of carbonyl (C=O) groups is 1. The molecule has 0 aliphatic rings. The van der Waals surface area contributed by atoms with Crippen molar-refractivity contribution < 1.29 is 9.90 Å². The SMILES string of the molecule is Cc1c(Cl)cc(C(=O)O)c(N)c1I. The molecule has 0 fully saturated rings. The van der Waals surface area contributed by atoms with Gasteiger partial charge in [0.1, 0.15) is 0 Å². The van der Waals surface area contributed by atoms with E-state index >= 15 is 0 Å². The zero-order valence-corrected chi connectivity index (χ0v) is 9.68. The fourth-order valence-electron chi connectivity index (χ4n) is 0.915. The van der Waals surface area contributed by atoms with Crippen LogP contribution in [0.4, 0.5) is 5.69 Å². The van der Waals surface area contributed by atoms with Crippen LogP contribution in [0.25, 0.3) is 0 Å². The molecule has 0 aromatic heterocycles. The number of carboxylic acid groups (broad SMARTS) is 1. The molecule has 0 atom stereocenters. The summed E-state index contributed by atoms with van der Waals surface area (Å²) in [6.45, 7) is 1.80. The molecule has 70 valence electrons. The maximum absolute atomic E-state index is 10.7. The van der Waals surface area contributed by atoms with Gasteiger partial charge >= 0.3 is 5.97 Å². The summed E-state index contributed by atoms with van der Waals surface area (Å²) in [6.07, 6.45) is 0. The van der Waals surface area contributed by atoms with Crippen molar-refractivity contribution >= 4 is 45.8 Å². The van der Waals surface area contributed by atoms with E-state index in [-0.39, 0.29) is 11.3 Å². The number of nitrogen functional groups attached to an aromatic ring is 1. The van der Waals surface area contributed by atoms with Crippen LogP contribution < -0.4 is 5.73 Å². The third-order valence-corrected chi connectivity index (χ3v) is 3.50. The topological polar surface area (TPSA) is 63.3 Å². The largest absolute Gasteiger partial charge is 0.478 e. The van der Waals surface area contributed by atoms with Crippen LogP contribution in [0, 0.1) is 10.5 Å². The first-order valence-electron chi connectivity index (χ1n) is 3.42. The van der Waals surface area contributed by atoms with Gasteiger partial charge in [-0.1, -0.05) is 11.6 Å². The molecule has 0 amide bonds. The minimum Gasteiger partial charge on any atom is -0.478 e. The number of hydrogen-bond acceptors (Lipinski definition) is 2. The number of rotatable bonds is 1. The van der Waals surface area contributed by atoms with Gasteiger partial charge in [0.15, 0.2) is 0 Å². The van der Waals surface area contributed by atoms with E-state index in [2.05, 4.69) is 0 Å². The van der Waals surface area contributed by atoms with E-state index in [0.29, 0.717) is 8.59 Å². The standard InChI is InChI=1S/C8H7ClINO2/c1-3-5(9)2-4(8(12)13)7(11)6(3)10/h2H,11H2,1H3,(H,12,13). The molecular weight excluding hydrogens is 304 g/mol. The fraction of sp³-hybridized carbons (Fsp3) is 0.125. The van der Waals surface area contributed by atoms with Gasteiger partial charge in [-0.15, -0.1) is 0 Å². The van der Waals surface area contributed by atoms with Crippen LogP contribution in [0.3, 0.4) is 0 Å². The Kier molecular flexibility index (Phi) is 3.02. The van der Waals surface area contributed by atoms with Crippen LogP contribution in [0.5, 0.6) is 0 Å². The first-order chi connectivity index (χ1) is 5.95. The lowest BCUT2D eigenvalue weighted by molar-refractivity contribution is 0.0698. The monoisotopic (exact) mass is 311 g/mol. The summed E-state index contributed by atoms with van der Waals surface area (Å²) in [5, 5.41) is 9.19. The highest BCUT2D eigenvalue weighted by Crippen LogP contribution is 2.29. The lowest BCUT2D eigenvalue weighted by Gasteiger charge is -2.08. The molecule has 1 aromatic carbocycles. The Morgan fingerprint density at radius 3 is 2.69 bits per heavy atom. The van der Waals surface area contributed by atoms with Crippen molar-refractivity contribution in [1.29, 1.82) is 0 Å². The van der Waals surface area contributed by atoms with Gasteiger partial charge < -0.3 is 10.8 Å². The van der Waals surface area contributed by atoms with Gasteiger partial charge in [0.25, 0.3) is 0 Å². The molecule has 5 heteroatoms. The molecule has 13 heavy (non-hydrogen) atoms. The zero-order chi connectivity index (χ0) is 10.2. The second-order valence-corrected chi connectivity index (χ2v) is 4.05. The van der Waals surface area contributed by atoms with Gasteiger partial charge in [-0.3, -0.25) is 0 Å². The molecule has 0 saturated heterocycles. The predicted molar refractivity (Wildman–Crippen MR) is 60.3 cm³/mol. The number of anilines is 1. The molecule has 0 saturated carbocycles. The molecule has 0 heterocycles. The minimum atomic E-state index is -1.06. The Morgan fingerprint density at radius 2 is 2.23 bits per heavy atom. The molecule has 3 N–H and O–H groups in total. The predicted octanol–water partition coefficient (Wildman–Crippen LogP) is 2.53. The first-order valence-corrected chi connectivity index (χ1v) is 4.88. The first kappa shape index (κ1) is 10.6. The fourth-order valence-corrected chi connectivity index (χ4v) is 1.86. The molecule has 1 aromatic rings. The molecule has 1 rings (SSSR count). The van der Waals surface area contributed by atoms with Gasteiger partial charge in [0.2, 0.25) is 0 Å². The van der Waals surface area contributed by atoms with Gasteiger partial charge in [-0.25, -0.2) is 4.79 Å². The van der Waals surface area contributed by atoms with Crippen LogP contribution in [0.2, 0.25) is 5.02 Å². The molecular formula is C8H7ClINO2. The van der Waals surface area contributed by atoms with Crippen LogP contribution in [-0.4, -0.2) is 11.1 Å². The van der Waals surface area contributed by atoms with Crippen LogP contribution in [-0.2, 0) is 0 Å². The summed E-state index contributed by atoms with van der Waals surface area (Å²) in [4.78, 5) is 10.7. The van der Waals surface area contributed by atoms with Crippen molar-refractivity contribution in [1.82, 2.24) is 0 Å².